The van der Waals surface area contributed by atoms with Gasteiger partial charge in [0.2, 0.25) is 0 Å². The lowest BCUT2D eigenvalue weighted by atomic mass is 10.1. The summed E-state index contributed by atoms with van der Waals surface area (Å²) in [4.78, 5) is 20.5. The monoisotopic (exact) mass is 341 g/mol. The van der Waals surface area contributed by atoms with Gasteiger partial charge in [0.25, 0.3) is 5.91 Å². The third-order valence-electron chi connectivity index (χ3n) is 4.12. The fourth-order valence-corrected chi connectivity index (χ4v) is 2.87. The normalized spacial score (nSPS) is 17.8. The first-order valence-electron chi connectivity index (χ1n) is 7.68. The van der Waals surface area contributed by atoms with E-state index in [9.17, 15) is 18.0 Å². The van der Waals surface area contributed by atoms with Crippen LogP contribution in [-0.4, -0.2) is 65.7 Å². The zero-order chi connectivity index (χ0) is 17.2. The van der Waals surface area contributed by atoms with Crippen LogP contribution in [0.4, 0.5) is 13.2 Å². The molecule has 9 heteroatoms. The number of alkyl halides is 3. The van der Waals surface area contributed by atoms with Crippen molar-refractivity contribution in [1.29, 1.82) is 0 Å². The molecule has 24 heavy (non-hydrogen) atoms. The Hall–Kier alpha value is -2.13. The van der Waals surface area contributed by atoms with E-state index in [1.165, 1.54) is 11.1 Å². The lowest BCUT2D eigenvalue weighted by molar-refractivity contribution is -0.183. The first-order valence-corrected chi connectivity index (χ1v) is 7.68. The standard InChI is InChI=1S/C15H18F3N5O/c16-15(17,18)12(23-6-4-19-5-7-23)9-22-14(24)11-8-21-13-10(11)2-1-3-20-13/h1-3,8,12,19H,4-7,9H2,(H,20,21)(H,22,24). The minimum absolute atomic E-state index is 0.291. The Bertz CT molecular complexity index is 708. The van der Waals surface area contributed by atoms with E-state index in [2.05, 4.69) is 20.6 Å². The summed E-state index contributed by atoms with van der Waals surface area (Å²) in [6.07, 6.45) is -1.36. The first kappa shape index (κ1) is 16.7. The number of rotatable bonds is 4. The Morgan fingerprint density at radius 3 is 2.83 bits per heavy atom. The summed E-state index contributed by atoms with van der Waals surface area (Å²) in [6, 6.07) is 1.68. The number of aromatic nitrogens is 2. The predicted octanol–water partition coefficient (Wildman–Crippen LogP) is 1.13. The molecule has 3 heterocycles. The van der Waals surface area contributed by atoms with Gasteiger partial charge in [-0.05, 0) is 12.1 Å². The highest BCUT2D eigenvalue weighted by Crippen LogP contribution is 2.25. The average molecular weight is 341 g/mol. The van der Waals surface area contributed by atoms with Crippen LogP contribution in [0.25, 0.3) is 11.0 Å². The number of carbonyl (C=O) groups is 1. The number of hydrogen-bond donors (Lipinski definition) is 3. The average Bonchev–Trinajstić information content (AvgIpc) is 2.99. The van der Waals surface area contributed by atoms with Crippen LogP contribution in [0, 0.1) is 0 Å². The number of amides is 1. The van der Waals surface area contributed by atoms with Crippen molar-refractivity contribution < 1.29 is 18.0 Å². The lowest BCUT2D eigenvalue weighted by Crippen LogP contribution is -2.57. The van der Waals surface area contributed by atoms with Crippen LogP contribution in [0.15, 0.2) is 24.5 Å². The molecule has 1 unspecified atom stereocenters. The van der Waals surface area contributed by atoms with Crippen molar-refractivity contribution in [2.45, 2.75) is 12.2 Å². The van der Waals surface area contributed by atoms with Gasteiger partial charge in [-0.15, -0.1) is 0 Å². The smallest absolute Gasteiger partial charge is 0.350 e. The lowest BCUT2D eigenvalue weighted by Gasteiger charge is -2.35. The van der Waals surface area contributed by atoms with Gasteiger partial charge in [0.1, 0.15) is 11.7 Å². The molecule has 0 saturated carbocycles. The van der Waals surface area contributed by atoms with E-state index in [0.29, 0.717) is 42.8 Å². The highest BCUT2D eigenvalue weighted by atomic mass is 19.4. The molecule has 2 aromatic heterocycles. The van der Waals surface area contributed by atoms with Gasteiger partial charge in [0.15, 0.2) is 0 Å². The van der Waals surface area contributed by atoms with Gasteiger partial charge in [-0.25, -0.2) is 4.98 Å². The third-order valence-corrected chi connectivity index (χ3v) is 4.12. The fourth-order valence-electron chi connectivity index (χ4n) is 2.87. The van der Waals surface area contributed by atoms with Gasteiger partial charge in [-0.2, -0.15) is 13.2 Å². The van der Waals surface area contributed by atoms with Gasteiger partial charge in [-0.1, -0.05) is 0 Å². The number of H-pyrrole nitrogens is 1. The van der Waals surface area contributed by atoms with Crippen LogP contribution >= 0.6 is 0 Å². The summed E-state index contributed by atoms with van der Waals surface area (Å²) in [7, 11) is 0. The second-order valence-corrected chi connectivity index (χ2v) is 5.66. The molecule has 6 nitrogen and oxygen atoms in total. The van der Waals surface area contributed by atoms with Crippen molar-refractivity contribution in [1.82, 2.24) is 25.5 Å². The molecule has 0 spiro atoms. The molecule has 0 aromatic carbocycles. The van der Waals surface area contributed by atoms with Crippen molar-refractivity contribution in [2.24, 2.45) is 0 Å². The Labute approximate surface area is 136 Å². The van der Waals surface area contributed by atoms with E-state index in [1.54, 1.807) is 18.3 Å². The summed E-state index contributed by atoms with van der Waals surface area (Å²) >= 11 is 0. The highest BCUT2D eigenvalue weighted by molar-refractivity contribution is 6.05. The molecule has 0 bridgehead atoms. The summed E-state index contributed by atoms with van der Waals surface area (Å²) in [5.41, 5.74) is 0.816. The second-order valence-electron chi connectivity index (χ2n) is 5.66. The van der Waals surface area contributed by atoms with Gasteiger partial charge < -0.3 is 15.6 Å². The van der Waals surface area contributed by atoms with E-state index in [-0.39, 0.29) is 0 Å². The molecule has 1 fully saturated rings. The van der Waals surface area contributed by atoms with Gasteiger partial charge >= 0.3 is 6.18 Å². The fraction of sp³-hybridized carbons (Fsp3) is 0.467. The number of nitrogens with one attached hydrogen (secondary N) is 3. The van der Waals surface area contributed by atoms with E-state index in [0.717, 1.165) is 0 Å². The molecule has 1 atom stereocenters. The van der Waals surface area contributed by atoms with Crippen LogP contribution in [0.1, 0.15) is 10.4 Å². The number of aromatic amines is 1. The van der Waals surface area contributed by atoms with Gasteiger partial charge in [0, 0.05) is 50.5 Å². The molecule has 1 aliphatic rings. The number of nitrogens with zero attached hydrogens (tertiary/aromatic N) is 2. The predicted molar refractivity (Wildman–Crippen MR) is 82.7 cm³/mol. The number of hydrogen-bond acceptors (Lipinski definition) is 4. The molecular formula is C15H18F3N5O. The minimum Gasteiger partial charge on any atom is -0.350 e. The van der Waals surface area contributed by atoms with Crippen LogP contribution in [0.2, 0.25) is 0 Å². The van der Waals surface area contributed by atoms with Crippen molar-refractivity contribution in [2.75, 3.05) is 32.7 Å². The molecule has 2 aromatic rings. The third kappa shape index (κ3) is 3.51. The van der Waals surface area contributed by atoms with Crippen molar-refractivity contribution in [3.63, 3.8) is 0 Å². The molecule has 3 N–H and O–H groups in total. The first-order chi connectivity index (χ1) is 11.5. The van der Waals surface area contributed by atoms with Crippen LogP contribution < -0.4 is 10.6 Å². The maximum Gasteiger partial charge on any atom is 0.405 e. The zero-order valence-electron chi connectivity index (χ0n) is 12.9. The molecule has 3 rings (SSSR count). The van der Waals surface area contributed by atoms with E-state index < -0.39 is 24.7 Å². The molecule has 130 valence electrons. The maximum absolute atomic E-state index is 13.3. The largest absolute Gasteiger partial charge is 0.405 e. The van der Waals surface area contributed by atoms with Crippen LogP contribution in [0.5, 0.6) is 0 Å². The summed E-state index contributed by atoms with van der Waals surface area (Å²) in [6.45, 7) is 1.15. The number of carbonyl (C=O) groups excluding carboxylic acids is 1. The quantitative estimate of drug-likeness (QED) is 0.780. The van der Waals surface area contributed by atoms with E-state index in [1.807, 2.05) is 0 Å². The molecule has 0 aliphatic carbocycles. The van der Waals surface area contributed by atoms with Gasteiger partial charge in [-0.3, -0.25) is 9.69 Å². The van der Waals surface area contributed by atoms with Crippen LogP contribution in [-0.2, 0) is 0 Å². The Balaban J connectivity index is 1.70. The van der Waals surface area contributed by atoms with Gasteiger partial charge in [0.05, 0.1) is 5.56 Å². The summed E-state index contributed by atoms with van der Waals surface area (Å²) in [5.74, 6) is -0.543. The summed E-state index contributed by atoms with van der Waals surface area (Å²) in [5, 5.41) is 6.02. The second kappa shape index (κ2) is 6.78. The maximum atomic E-state index is 13.3. The zero-order valence-corrected chi connectivity index (χ0v) is 12.9. The Morgan fingerprint density at radius 1 is 1.38 bits per heavy atom. The summed E-state index contributed by atoms with van der Waals surface area (Å²) < 4.78 is 40.0. The van der Waals surface area contributed by atoms with E-state index in [4.69, 9.17) is 0 Å². The van der Waals surface area contributed by atoms with Crippen molar-refractivity contribution >= 4 is 16.9 Å². The topological polar surface area (TPSA) is 73.1 Å². The molecular weight excluding hydrogens is 323 g/mol. The Morgan fingerprint density at radius 2 is 2.12 bits per heavy atom. The molecule has 0 radical (unpaired) electrons. The number of pyridine rings is 1. The number of halogens is 3. The number of piperazine rings is 1. The van der Waals surface area contributed by atoms with Crippen LogP contribution in [0.3, 0.4) is 0 Å². The highest BCUT2D eigenvalue weighted by Gasteiger charge is 2.43. The molecule has 1 amide bonds. The SMILES string of the molecule is O=C(NCC(N1CCNCC1)C(F)(F)F)c1c[nH]c2ncccc12. The minimum atomic E-state index is -4.40. The molecule has 1 saturated heterocycles. The number of fused-ring (bicyclic) bond motifs is 1. The molecule has 1 aliphatic heterocycles. The van der Waals surface area contributed by atoms with Crippen molar-refractivity contribution in [3.8, 4) is 0 Å². The van der Waals surface area contributed by atoms with E-state index >= 15 is 0 Å². The van der Waals surface area contributed by atoms with Crippen molar-refractivity contribution in [3.05, 3.63) is 30.1 Å². The Kier molecular flexibility index (Phi) is 4.72.